The maximum Gasteiger partial charge on any atom is 0.356 e. The minimum Gasteiger partial charge on any atom is -1.00 e. The Bertz CT molecular complexity index is 1220. The van der Waals surface area contributed by atoms with Crippen molar-refractivity contribution in [2.24, 2.45) is 0 Å². The number of benzene rings is 3. The average molecular weight is 526 g/mol. The summed E-state index contributed by atoms with van der Waals surface area (Å²) in [5.41, 5.74) is 9.85. The zero-order valence-corrected chi connectivity index (χ0v) is 19.5. The van der Waals surface area contributed by atoms with Gasteiger partial charge in [0.25, 0.3) is 0 Å². The molecule has 4 aromatic rings. The van der Waals surface area contributed by atoms with Crippen LogP contribution in [0.1, 0.15) is 15.9 Å². The number of fused-ring (bicyclic) bond motifs is 1. The number of ketones is 1. The van der Waals surface area contributed by atoms with Crippen LogP contribution in [0.4, 0.5) is 5.95 Å². The lowest BCUT2D eigenvalue weighted by atomic mass is 10.1. The van der Waals surface area contributed by atoms with Crippen molar-refractivity contribution in [3.63, 3.8) is 0 Å². The smallest absolute Gasteiger partial charge is 0.356 e. The van der Waals surface area contributed by atoms with Crippen LogP contribution in [0.5, 0.6) is 0 Å². The van der Waals surface area contributed by atoms with E-state index in [2.05, 4.69) is 0 Å². The zero-order chi connectivity index (χ0) is 20.5. The lowest BCUT2D eigenvalue weighted by Gasteiger charge is -2.04. The average Bonchev–Trinajstić information content (AvgIpc) is 2.97. The van der Waals surface area contributed by atoms with Crippen molar-refractivity contribution in [1.29, 1.82) is 0 Å². The van der Waals surface area contributed by atoms with Crippen molar-refractivity contribution in [1.82, 2.24) is 4.57 Å². The highest BCUT2D eigenvalue weighted by Gasteiger charge is 2.23. The molecule has 4 nitrogen and oxygen atoms in total. The molecule has 30 heavy (non-hydrogen) atoms. The van der Waals surface area contributed by atoms with E-state index in [1.165, 1.54) is 0 Å². The summed E-state index contributed by atoms with van der Waals surface area (Å²) in [6.45, 7) is 0.662. The second kappa shape index (κ2) is 9.40. The quantitative estimate of drug-likeness (QED) is 0.322. The van der Waals surface area contributed by atoms with Gasteiger partial charge in [-0.3, -0.25) is 10.5 Å². The molecule has 0 aliphatic rings. The van der Waals surface area contributed by atoms with Crippen molar-refractivity contribution in [3.8, 4) is 0 Å². The van der Waals surface area contributed by atoms with Gasteiger partial charge in [-0.2, -0.15) is 0 Å². The highest BCUT2D eigenvalue weighted by molar-refractivity contribution is 6.42. The third-order valence-electron chi connectivity index (χ3n) is 4.81. The number of nitrogen functional groups attached to an aromatic ring is 1. The fourth-order valence-corrected chi connectivity index (χ4v) is 3.75. The molecule has 3 aromatic carbocycles. The highest BCUT2D eigenvalue weighted by Crippen LogP contribution is 2.24. The predicted octanol–water partition coefficient (Wildman–Crippen LogP) is 2.41. The van der Waals surface area contributed by atoms with Crippen LogP contribution in [0.25, 0.3) is 11.0 Å². The molecular weight excluding hydrogens is 509 g/mol. The van der Waals surface area contributed by atoms with Crippen LogP contribution in [0.3, 0.4) is 0 Å². The van der Waals surface area contributed by atoms with Gasteiger partial charge in [0.1, 0.15) is 17.6 Å². The maximum absolute atomic E-state index is 12.9. The van der Waals surface area contributed by atoms with E-state index in [0.717, 1.165) is 16.6 Å². The molecule has 2 N–H and O–H groups in total. The number of aromatic nitrogens is 2. The predicted molar refractivity (Wildman–Crippen MR) is 118 cm³/mol. The third kappa shape index (κ3) is 4.49. The van der Waals surface area contributed by atoms with E-state index >= 15 is 0 Å². The van der Waals surface area contributed by atoms with Gasteiger partial charge in [-0.1, -0.05) is 59.1 Å². The van der Waals surface area contributed by atoms with Crippen LogP contribution in [0, 0.1) is 0 Å². The van der Waals surface area contributed by atoms with Gasteiger partial charge in [-0.05, 0) is 48.0 Å². The Morgan fingerprint density at radius 1 is 0.933 bits per heavy atom. The largest absolute Gasteiger partial charge is 1.00 e. The molecule has 0 aliphatic carbocycles. The van der Waals surface area contributed by atoms with E-state index in [1.807, 2.05) is 57.7 Å². The van der Waals surface area contributed by atoms with E-state index in [9.17, 15) is 4.79 Å². The summed E-state index contributed by atoms with van der Waals surface area (Å²) < 4.78 is 3.80. The number of imidazole rings is 1. The van der Waals surface area contributed by atoms with Crippen molar-refractivity contribution in [3.05, 3.63) is 92.9 Å². The number of hydrogen-bond donors (Lipinski definition) is 1. The fraction of sp³-hybridized carbons (Fsp3) is 0.0909. The molecule has 0 amide bonds. The molecule has 0 spiro atoms. The van der Waals surface area contributed by atoms with Gasteiger partial charge in [0.2, 0.25) is 0 Å². The first-order chi connectivity index (χ1) is 13.9. The number of anilines is 1. The molecule has 0 saturated heterocycles. The van der Waals surface area contributed by atoms with Crippen LogP contribution in [0.2, 0.25) is 15.1 Å². The second-order valence-electron chi connectivity index (χ2n) is 6.70. The molecule has 0 radical (unpaired) electrons. The minimum absolute atomic E-state index is 0. The Kier molecular flexibility index (Phi) is 7.09. The van der Waals surface area contributed by atoms with E-state index in [0.29, 0.717) is 33.1 Å². The van der Waals surface area contributed by atoms with Gasteiger partial charge in [-0.25, -0.2) is 9.13 Å². The van der Waals surface area contributed by atoms with E-state index < -0.39 is 0 Å². The second-order valence-corrected chi connectivity index (χ2v) is 7.95. The van der Waals surface area contributed by atoms with Crippen LogP contribution < -0.4 is 27.3 Å². The number of carbonyl (C=O) groups excluding carboxylic acids is 1. The standard InChI is InChI=1S/C22H16Cl3N3O.BrH/c23-16-8-5-14(6-9-16)12-27-19-3-1-2-4-20(19)28(22(27)26)13-21(29)15-7-10-17(24)18(25)11-15;/h1-11,26H,12-13H2;1H. The summed E-state index contributed by atoms with van der Waals surface area (Å²) in [4.78, 5) is 12.9. The Labute approximate surface area is 199 Å². The van der Waals surface area contributed by atoms with Crippen LogP contribution >= 0.6 is 34.8 Å². The number of halogens is 4. The van der Waals surface area contributed by atoms with Crippen molar-refractivity contribution in [2.75, 3.05) is 5.73 Å². The number of nitrogens with two attached hydrogens (primary N) is 1. The number of Topliss-reactive ketones (excluding diaryl/α,β-unsaturated/α-hetero) is 1. The van der Waals surface area contributed by atoms with Crippen molar-refractivity contribution in [2.45, 2.75) is 13.1 Å². The van der Waals surface area contributed by atoms with E-state index in [4.69, 9.17) is 40.5 Å². The van der Waals surface area contributed by atoms with Crippen molar-refractivity contribution < 1.29 is 26.3 Å². The van der Waals surface area contributed by atoms with Crippen LogP contribution in [-0.2, 0) is 13.1 Å². The normalized spacial score (nSPS) is 10.8. The molecule has 0 saturated carbocycles. The molecule has 0 aliphatic heterocycles. The van der Waals surface area contributed by atoms with Crippen LogP contribution in [0.15, 0.2) is 66.7 Å². The Morgan fingerprint density at radius 3 is 2.33 bits per heavy atom. The summed E-state index contributed by atoms with van der Waals surface area (Å²) >= 11 is 18.0. The van der Waals surface area contributed by atoms with E-state index in [1.54, 1.807) is 18.2 Å². The van der Waals surface area contributed by atoms with Gasteiger partial charge in [-0.15, -0.1) is 0 Å². The zero-order valence-electron chi connectivity index (χ0n) is 15.7. The SMILES string of the molecule is Nc1n(CC(=O)c2ccc(Cl)c(Cl)c2)c2ccccc2[n+]1Cc1ccc(Cl)cc1.[Br-]. The fourth-order valence-electron chi connectivity index (χ4n) is 3.32. The molecule has 0 bridgehead atoms. The molecule has 4 rings (SSSR count). The number of rotatable bonds is 5. The summed E-state index contributed by atoms with van der Waals surface area (Å²) in [7, 11) is 0. The van der Waals surface area contributed by atoms with Gasteiger partial charge in [0, 0.05) is 10.6 Å². The minimum atomic E-state index is -0.102. The lowest BCUT2D eigenvalue weighted by Crippen LogP contribution is -3.00. The molecule has 0 fully saturated rings. The first-order valence-corrected chi connectivity index (χ1v) is 10.1. The van der Waals surface area contributed by atoms with Gasteiger partial charge in [0.05, 0.1) is 16.6 Å². The molecule has 1 aromatic heterocycles. The van der Waals surface area contributed by atoms with Gasteiger partial charge >= 0.3 is 5.95 Å². The first-order valence-electron chi connectivity index (χ1n) is 8.93. The monoisotopic (exact) mass is 523 g/mol. The number of nitrogens with zero attached hydrogens (tertiary/aromatic N) is 2. The van der Waals surface area contributed by atoms with E-state index in [-0.39, 0.29) is 29.3 Å². The number of para-hydroxylation sites is 2. The number of hydrogen-bond acceptors (Lipinski definition) is 2. The Hall–Kier alpha value is -2.05. The Balaban J connectivity index is 0.00000256. The summed E-state index contributed by atoms with van der Waals surface area (Å²) in [6.07, 6.45) is 0. The molecule has 0 unspecified atom stereocenters. The number of carbonyl (C=O) groups is 1. The van der Waals surface area contributed by atoms with Gasteiger partial charge < -0.3 is 17.0 Å². The molecule has 0 atom stereocenters. The molecular formula is C22H17BrCl3N3O. The highest BCUT2D eigenvalue weighted by atomic mass is 79.9. The van der Waals surface area contributed by atoms with Gasteiger partial charge in [0.15, 0.2) is 5.78 Å². The first kappa shape index (κ1) is 22.6. The molecule has 1 heterocycles. The Morgan fingerprint density at radius 2 is 1.63 bits per heavy atom. The van der Waals surface area contributed by atoms with Crippen LogP contribution in [-0.4, -0.2) is 10.4 Å². The third-order valence-corrected chi connectivity index (χ3v) is 5.80. The molecule has 154 valence electrons. The maximum atomic E-state index is 12.9. The molecule has 8 heteroatoms. The van der Waals surface area contributed by atoms with Crippen molar-refractivity contribution >= 4 is 57.6 Å². The summed E-state index contributed by atoms with van der Waals surface area (Å²) in [5, 5.41) is 1.44. The summed E-state index contributed by atoms with van der Waals surface area (Å²) in [6, 6.07) is 20.3. The lowest BCUT2D eigenvalue weighted by molar-refractivity contribution is -0.648. The summed E-state index contributed by atoms with van der Waals surface area (Å²) in [5.74, 6) is 0.393. The topological polar surface area (TPSA) is 51.9 Å².